The van der Waals surface area contributed by atoms with E-state index in [1.807, 2.05) is 0 Å². The number of nitrogen functional groups attached to an aromatic ring is 1. The predicted octanol–water partition coefficient (Wildman–Crippen LogP) is 1.76. The number of anilines is 1. The third kappa shape index (κ3) is 2.76. The van der Waals surface area contributed by atoms with Crippen LogP contribution in [0.1, 0.15) is 0 Å². The Kier molecular flexibility index (Phi) is 4.32. The van der Waals surface area contributed by atoms with Gasteiger partial charge in [-0.2, -0.15) is 4.98 Å². The van der Waals surface area contributed by atoms with Crippen molar-refractivity contribution in [1.82, 2.24) is 9.97 Å². The minimum absolute atomic E-state index is 0.112. The van der Waals surface area contributed by atoms with Crippen molar-refractivity contribution in [3.05, 3.63) is 18.2 Å². The molecule has 1 aromatic carbocycles. The minimum atomic E-state index is 0.112. The molecule has 0 fully saturated rings. The van der Waals surface area contributed by atoms with Crippen LogP contribution >= 0.6 is 0 Å². The zero-order valence-corrected chi connectivity index (χ0v) is 12.3. The van der Waals surface area contributed by atoms with E-state index >= 15 is 0 Å². The van der Waals surface area contributed by atoms with Gasteiger partial charge in [-0.15, -0.1) is 0 Å². The molecule has 0 spiro atoms. The van der Waals surface area contributed by atoms with E-state index in [9.17, 15) is 0 Å². The highest BCUT2D eigenvalue weighted by Gasteiger charge is 2.18. The van der Waals surface area contributed by atoms with Gasteiger partial charge >= 0.3 is 0 Å². The van der Waals surface area contributed by atoms with Crippen LogP contribution in [0.25, 0.3) is 11.3 Å². The Morgan fingerprint density at radius 3 is 2.14 bits per heavy atom. The Bertz CT molecular complexity index is 646. The molecule has 0 saturated heterocycles. The number of nitrogens with two attached hydrogens (primary N) is 1. The number of nitrogens with zero attached hydrogens (tertiary/aromatic N) is 2. The molecule has 21 heavy (non-hydrogen) atoms. The number of methoxy groups -OCH3 is 4. The standard InChI is InChI=1S/C14H17N3O4/c1-18-10-6-5-8(12(20-3)13(10)21-4)9-7-11(19-2)17-14(15)16-9/h5-7H,1-4H3,(H2,15,16,17). The van der Waals surface area contributed by atoms with Crippen LogP contribution in [0.5, 0.6) is 23.1 Å². The molecule has 1 heterocycles. The van der Waals surface area contributed by atoms with E-state index in [1.54, 1.807) is 39.5 Å². The maximum absolute atomic E-state index is 5.69. The van der Waals surface area contributed by atoms with Gasteiger partial charge in [0, 0.05) is 11.6 Å². The summed E-state index contributed by atoms with van der Waals surface area (Å²) in [5.74, 6) is 2.02. The molecule has 0 saturated carbocycles. The maximum atomic E-state index is 5.69. The molecular formula is C14H17N3O4. The van der Waals surface area contributed by atoms with Crippen molar-refractivity contribution in [3.8, 4) is 34.4 Å². The first kappa shape index (κ1) is 14.7. The summed E-state index contributed by atoms with van der Waals surface area (Å²) < 4.78 is 21.1. The Hall–Kier alpha value is -2.70. The number of rotatable bonds is 5. The van der Waals surface area contributed by atoms with E-state index in [0.717, 1.165) is 0 Å². The van der Waals surface area contributed by atoms with Crippen LogP contribution in [-0.4, -0.2) is 38.4 Å². The van der Waals surface area contributed by atoms with Gasteiger partial charge in [-0.05, 0) is 12.1 Å². The van der Waals surface area contributed by atoms with E-state index in [1.165, 1.54) is 7.11 Å². The molecule has 0 aliphatic heterocycles. The zero-order chi connectivity index (χ0) is 15.4. The van der Waals surface area contributed by atoms with Gasteiger partial charge in [0.1, 0.15) is 0 Å². The van der Waals surface area contributed by atoms with Crippen molar-refractivity contribution in [2.24, 2.45) is 0 Å². The van der Waals surface area contributed by atoms with Crippen LogP contribution in [-0.2, 0) is 0 Å². The van der Waals surface area contributed by atoms with E-state index in [2.05, 4.69) is 9.97 Å². The summed E-state index contributed by atoms with van der Waals surface area (Å²) in [6.45, 7) is 0. The Balaban J connectivity index is 2.66. The van der Waals surface area contributed by atoms with Crippen molar-refractivity contribution in [2.45, 2.75) is 0 Å². The third-order valence-electron chi connectivity index (χ3n) is 2.91. The van der Waals surface area contributed by atoms with Gasteiger partial charge in [0.05, 0.1) is 34.1 Å². The Morgan fingerprint density at radius 2 is 1.57 bits per heavy atom. The molecule has 0 amide bonds. The van der Waals surface area contributed by atoms with Gasteiger partial charge in [0.25, 0.3) is 0 Å². The van der Waals surface area contributed by atoms with Gasteiger partial charge in [-0.1, -0.05) is 0 Å². The molecule has 0 aliphatic carbocycles. The second-order valence-corrected chi connectivity index (χ2v) is 4.04. The van der Waals surface area contributed by atoms with Gasteiger partial charge in [-0.25, -0.2) is 4.98 Å². The first-order chi connectivity index (χ1) is 10.1. The number of ether oxygens (including phenoxy) is 4. The number of aromatic nitrogens is 2. The van der Waals surface area contributed by atoms with Crippen LogP contribution in [0.15, 0.2) is 18.2 Å². The topological polar surface area (TPSA) is 88.7 Å². The van der Waals surface area contributed by atoms with Crippen LogP contribution in [0.2, 0.25) is 0 Å². The average Bonchev–Trinajstić information content (AvgIpc) is 2.52. The highest BCUT2D eigenvalue weighted by molar-refractivity contribution is 5.75. The summed E-state index contributed by atoms with van der Waals surface area (Å²) >= 11 is 0. The predicted molar refractivity (Wildman–Crippen MR) is 78.1 cm³/mol. The molecule has 2 aromatic rings. The second-order valence-electron chi connectivity index (χ2n) is 4.04. The van der Waals surface area contributed by atoms with Crippen molar-refractivity contribution in [2.75, 3.05) is 34.2 Å². The summed E-state index contributed by atoms with van der Waals surface area (Å²) in [6.07, 6.45) is 0. The highest BCUT2D eigenvalue weighted by atomic mass is 16.5. The monoisotopic (exact) mass is 291 g/mol. The smallest absolute Gasteiger partial charge is 0.223 e. The summed E-state index contributed by atoms with van der Waals surface area (Å²) in [5, 5.41) is 0. The minimum Gasteiger partial charge on any atom is -0.493 e. The second kappa shape index (κ2) is 6.17. The van der Waals surface area contributed by atoms with Crippen LogP contribution < -0.4 is 24.7 Å². The molecule has 2 rings (SSSR count). The van der Waals surface area contributed by atoms with Crippen LogP contribution in [0.4, 0.5) is 5.95 Å². The molecule has 1 aromatic heterocycles. The molecule has 112 valence electrons. The van der Waals surface area contributed by atoms with Crippen LogP contribution in [0, 0.1) is 0 Å². The highest BCUT2D eigenvalue weighted by Crippen LogP contribution is 2.44. The largest absolute Gasteiger partial charge is 0.493 e. The molecule has 2 N–H and O–H groups in total. The van der Waals surface area contributed by atoms with Crippen molar-refractivity contribution in [1.29, 1.82) is 0 Å². The lowest BCUT2D eigenvalue weighted by Gasteiger charge is -2.15. The molecule has 0 atom stereocenters. The maximum Gasteiger partial charge on any atom is 0.223 e. The lowest BCUT2D eigenvalue weighted by molar-refractivity contribution is 0.325. The quantitative estimate of drug-likeness (QED) is 0.897. The lowest BCUT2D eigenvalue weighted by Crippen LogP contribution is -2.01. The summed E-state index contributed by atoms with van der Waals surface area (Å²) in [4.78, 5) is 8.16. The summed E-state index contributed by atoms with van der Waals surface area (Å²) in [6, 6.07) is 5.24. The van der Waals surface area contributed by atoms with E-state index in [4.69, 9.17) is 24.7 Å². The van der Waals surface area contributed by atoms with Gasteiger partial charge in [0.2, 0.25) is 17.6 Å². The van der Waals surface area contributed by atoms with Gasteiger partial charge in [-0.3, -0.25) is 0 Å². The normalized spacial score (nSPS) is 10.1. The first-order valence-corrected chi connectivity index (χ1v) is 6.12. The fourth-order valence-corrected chi connectivity index (χ4v) is 1.99. The summed E-state index contributed by atoms with van der Waals surface area (Å²) in [5.41, 5.74) is 6.96. The molecule has 0 unspecified atom stereocenters. The third-order valence-corrected chi connectivity index (χ3v) is 2.91. The molecular weight excluding hydrogens is 274 g/mol. The Labute approximate surface area is 122 Å². The number of hydrogen-bond acceptors (Lipinski definition) is 7. The number of hydrogen-bond donors (Lipinski definition) is 1. The van der Waals surface area contributed by atoms with Crippen molar-refractivity contribution in [3.63, 3.8) is 0 Å². The molecule has 0 aliphatic rings. The fourth-order valence-electron chi connectivity index (χ4n) is 1.99. The zero-order valence-electron chi connectivity index (χ0n) is 12.3. The SMILES string of the molecule is COc1cc(-c2ccc(OC)c(OC)c2OC)nc(N)n1. The summed E-state index contributed by atoms with van der Waals surface area (Å²) in [7, 11) is 6.15. The van der Waals surface area contributed by atoms with Crippen molar-refractivity contribution < 1.29 is 18.9 Å². The molecule has 0 radical (unpaired) electrons. The number of benzene rings is 1. The lowest BCUT2D eigenvalue weighted by atomic mass is 10.1. The Morgan fingerprint density at radius 1 is 0.857 bits per heavy atom. The van der Waals surface area contributed by atoms with Crippen LogP contribution in [0.3, 0.4) is 0 Å². The first-order valence-electron chi connectivity index (χ1n) is 6.12. The van der Waals surface area contributed by atoms with Gasteiger partial charge < -0.3 is 24.7 Å². The van der Waals surface area contributed by atoms with E-state index in [0.29, 0.717) is 34.4 Å². The van der Waals surface area contributed by atoms with Crippen molar-refractivity contribution >= 4 is 5.95 Å². The molecule has 7 heteroatoms. The molecule has 0 bridgehead atoms. The fraction of sp³-hybridized carbons (Fsp3) is 0.286. The van der Waals surface area contributed by atoms with Gasteiger partial charge in [0.15, 0.2) is 11.5 Å². The average molecular weight is 291 g/mol. The molecule has 7 nitrogen and oxygen atoms in total. The van der Waals surface area contributed by atoms with E-state index in [-0.39, 0.29) is 5.95 Å². The van der Waals surface area contributed by atoms with E-state index < -0.39 is 0 Å².